The van der Waals surface area contributed by atoms with Crippen molar-refractivity contribution in [2.24, 2.45) is 0 Å². The summed E-state index contributed by atoms with van der Waals surface area (Å²) in [6, 6.07) is 48.9. The Hall–Kier alpha value is -8.97. The summed E-state index contributed by atoms with van der Waals surface area (Å²) in [5.74, 6) is 4.40. The SMILES string of the molecule is CCN1c2ccccc2Oc2cc(/C=C/c3c(C#N)c(/C=C/c4ccc5c(c4)Oc4ccccc4N5CC)c(C#N)c(/C=C/c4ccc5c(c4)Oc4ccccc4N5CC)c3C#N)ccc21. The third-order valence-corrected chi connectivity index (χ3v) is 12.2. The molecule has 0 amide bonds. The van der Waals surface area contributed by atoms with E-state index >= 15 is 0 Å². The lowest BCUT2D eigenvalue weighted by molar-refractivity contribution is 0.473. The van der Waals surface area contributed by atoms with Crippen LogP contribution in [0, 0.1) is 34.0 Å². The van der Waals surface area contributed by atoms with Crippen LogP contribution in [0.5, 0.6) is 34.5 Å². The summed E-state index contributed by atoms with van der Waals surface area (Å²) in [4.78, 5) is 6.63. The highest BCUT2D eigenvalue weighted by Crippen LogP contribution is 2.49. The molecule has 9 heteroatoms. The van der Waals surface area contributed by atoms with Crippen LogP contribution < -0.4 is 28.9 Å². The Labute approximate surface area is 384 Å². The van der Waals surface area contributed by atoms with E-state index in [1.807, 2.05) is 146 Å². The van der Waals surface area contributed by atoms with E-state index in [0.717, 1.165) is 87.7 Å². The molecule has 0 radical (unpaired) electrons. The van der Waals surface area contributed by atoms with Crippen molar-refractivity contribution in [3.63, 3.8) is 0 Å². The molecule has 7 aromatic carbocycles. The van der Waals surface area contributed by atoms with E-state index in [9.17, 15) is 15.8 Å². The molecule has 0 bridgehead atoms. The molecule has 66 heavy (non-hydrogen) atoms. The van der Waals surface area contributed by atoms with Crippen molar-refractivity contribution in [3.8, 4) is 52.7 Å². The molecule has 3 aliphatic rings. The van der Waals surface area contributed by atoms with Crippen LogP contribution in [0.4, 0.5) is 34.1 Å². The molecule has 0 aliphatic carbocycles. The molecule has 0 fully saturated rings. The third-order valence-electron chi connectivity index (χ3n) is 12.2. The lowest BCUT2D eigenvalue weighted by Gasteiger charge is -2.32. The van der Waals surface area contributed by atoms with Gasteiger partial charge >= 0.3 is 0 Å². The molecule has 0 saturated heterocycles. The first-order chi connectivity index (χ1) is 32.4. The smallest absolute Gasteiger partial charge is 0.151 e. The molecule has 10 rings (SSSR count). The number of fused-ring (bicyclic) bond motifs is 6. The molecule has 0 aromatic heterocycles. The lowest BCUT2D eigenvalue weighted by Crippen LogP contribution is -2.20. The highest BCUT2D eigenvalue weighted by molar-refractivity contribution is 5.92. The van der Waals surface area contributed by atoms with Gasteiger partial charge in [0.15, 0.2) is 34.5 Å². The van der Waals surface area contributed by atoms with Crippen LogP contribution >= 0.6 is 0 Å². The topological polar surface area (TPSA) is 109 Å². The summed E-state index contributed by atoms with van der Waals surface area (Å²) in [7, 11) is 0. The summed E-state index contributed by atoms with van der Waals surface area (Å²) < 4.78 is 19.1. The predicted octanol–water partition coefficient (Wildman–Crippen LogP) is 14.6. The standard InChI is InChI=1S/C57H42N6O3/c1-4-61-46-13-7-10-16-52(46)64-55-31-37(22-28-49(55)61)19-25-40-43(34-58)41(26-20-38-23-29-50-56(32-38)65-53-17-11-8-14-47(53)62(50)5-2)45(36-60)42(44(40)35-59)27-21-39-24-30-51-57(33-39)66-54-18-12-9-15-48(54)63(51)6-3/h7-33H,4-6H2,1-3H3/b25-19+,26-20+,27-21+. The number of ether oxygens (including phenoxy) is 3. The molecule has 0 atom stereocenters. The summed E-state index contributed by atoms with van der Waals surface area (Å²) in [5, 5.41) is 32.8. The Morgan fingerprint density at radius 3 is 0.909 bits per heavy atom. The van der Waals surface area contributed by atoms with Gasteiger partial charge in [0, 0.05) is 36.3 Å². The van der Waals surface area contributed by atoms with E-state index in [0.29, 0.717) is 33.9 Å². The number of para-hydroxylation sites is 6. The van der Waals surface area contributed by atoms with Gasteiger partial charge in [0.25, 0.3) is 0 Å². The zero-order chi connectivity index (χ0) is 45.3. The van der Waals surface area contributed by atoms with Crippen LogP contribution in [0.1, 0.15) is 70.8 Å². The highest BCUT2D eigenvalue weighted by Gasteiger charge is 2.27. The molecule has 0 unspecified atom stereocenters. The molecule has 318 valence electrons. The van der Waals surface area contributed by atoms with E-state index in [1.165, 1.54) is 0 Å². The van der Waals surface area contributed by atoms with Crippen LogP contribution in [0.25, 0.3) is 36.5 Å². The van der Waals surface area contributed by atoms with Gasteiger partial charge in [-0.15, -0.1) is 0 Å². The molecular weight excluding hydrogens is 817 g/mol. The second-order valence-corrected chi connectivity index (χ2v) is 15.8. The molecule has 9 nitrogen and oxygen atoms in total. The minimum atomic E-state index is 0.203. The second kappa shape index (κ2) is 17.3. The Balaban J connectivity index is 1.08. The van der Waals surface area contributed by atoms with Crippen molar-refractivity contribution in [1.82, 2.24) is 0 Å². The first kappa shape index (κ1) is 41.1. The first-order valence-electron chi connectivity index (χ1n) is 22.0. The van der Waals surface area contributed by atoms with Crippen molar-refractivity contribution in [2.45, 2.75) is 20.8 Å². The number of nitrogens with zero attached hydrogens (tertiary/aromatic N) is 6. The number of nitriles is 3. The van der Waals surface area contributed by atoms with E-state index in [4.69, 9.17) is 14.2 Å². The van der Waals surface area contributed by atoms with E-state index in [-0.39, 0.29) is 16.7 Å². The quantitative estimate of drug-likeness (QED) is 0.131. The Morgan fingerprint density at radius 1 is 0.364 bits per heavy atom. The van der Waals surface area contributed by atoms with Gasteiger partial charge in [-0.2, -0.15) is 15.8 Å². The Morgan fingerprint density at radius 2 is 0.636 bits per heavy atom. The molecular formula is C57H42N6O3. The van der Waals surface area contributed by atoms with Crippen LogP contribution in [-0.2, 0) is 0 Å². The average molecular weight is 859 g/mol. The van der Waals surface area contributed by atoms with Gasteiger partial charge in [-0.1, -0.05) is 91.1 Å². The van der Waals surface area contributed by atoms with Crippen LogP contribution in [0.3, 0.4) is 0 Å². The fourth-order valence-electron chi connectivity index (χ4n) is 9.09. The minimum Gasteiger partial charge on any atom is -0.453 e. The number of benzene rings is 7. The van der Waals surface area contributed by atoms with Gasteiger partial charge in [0.2, 0.25) is 0 Å². The zero-order valence-corrected chi connectivity index (χ0v) is 36.6. The predicted molar refractivity (Wildman–Crippen MR) is 264 cm³/mol. The zero-order valence-electron chi connectivity index (χ0n) is 36.6. The number of hydrogen-bond donors (Lipinski definition) is 0. The molecule has 3 aliphatic heterocycles. The minimum absolute atomic E-state index is 0.203. The van der Waals surface area contributed by atoms with Gasteiger partial charge in [0.1, 0.15) is 18.2 Å². The van der Waals surface area contributed by atoms with Crippen molar-refractivity contribution in [1.29, 1.82) is 15.8 Å². The Kier molecular flexibility index (Phi) is 10.8. The summed E-state index contributed by atoms with van der Waals surface area (Å²) in [6.07, 6.45) is 11.0. The highest BCUT2D eigenvalue weighted by atomic mass is 16.5. The summed E-state index contributed by atoms with van der Waals surface area (Å²) in [6.45, 7) is 8.57. The van der Waals surface area contributed by atoms with Crippen molar-refractivity contribution in [3.05, 3.63) is 177 Å². The van der Waals surface area contributed by atoms with E-state index in [2.05, 4.69) is 53.7 Å². The second-order valence-electron chi connectivity index (χ2n) is 15.8. The Bertz CT molecular complexity index is 2960. The van der Waals surface area contributed by atoms with Crippen LogP contribution in [-0.4, -0.2) is 19.6 Å². The largest absolute Gasteiger partial charge is 0.453 e. The fourth-order valence-corrected chi connectivity index (χ4v) is 9.09. The van der Waals surface area contributed by atoms with E-state index < -0.39 is 0 Å². The van der Waals surface area contributed by atoms with Gasteiger partial charge in [-0.05, 0) is 110 Å². The normalized spacial score (nSPS) is 13.0. The monoisotopic (exact) mass is 858 g/mol. The lowest BCUT2D eigenvalue weighted by atomic mass is 9.86. The number of hydrogen-bond acceptors (Lipinski definition) is 9. The molecule has 7 aromatic rings. The maximum Gasteiger partial charge on any atom is 0.151 e. The van der Waals surface area contributed by atoms with Gasteiger partial charge < -0.3 is 28.9 Å². The molecule has 0 spiro atoms. The first-order valence-corrected chi connectivity index (χ1v) is 22.0. The maximum absolute atomic E-state index is 10.9. The number of rotatable bonds is 9. The van der Waals surface area contributed by atoms with Crippen LogP contribution in [0.15, 0.2) is 127 Å². The van der Waals surface area contributed by atoms with Crippen LogP contribution in [0.2, 0.25) is 0 Å². The summed E-state index contributed by atoms with van der Waals surface area (Å²) in [5.41, 5.74) is 10.0. The van der Waals surface area contributed by atoms with Crippen molar-refractivity contribution in [2.75, 3.05) is 34.3 Å². The molecule has 0 saturated carbocycles. The molecule has 3 heterocycles. The van der Waals surface area contributed by atoms with Gasteiger partial charge in [-0.3, -0.25) is 0 Å². The van der Waals surface area contributed by atoms with Gasteiger partial charge in [0.05, 0.1) is 50.8 Å². The molecule has 0 N–H and O–H groups in total. The van der Waals surface area contributed by atoms with Crippen molar-refractivity contribution < 1.29 is 14.2 Å². The number of anilines is 6. The maximum atomic E-state index is 10.9. The summed E-state index contributed by atoms with van der Waals surface area (Å²) >= 11 is 0. The fraction of sp³-hybridized carbons (Fsp3) is 0.105. The van der Waals surface area contributed by atoms with Crippen molar-refractivity contribution >= 4 is 70.6 Å². The van der Waals surface area contributed by atoms with Gasteiger partial charge in [-0.25, -0.2) is 0 Å². The third kappa shape index (κ3) is 7.14. The van der Waals surface area contributed by atoms with E-state index in [1.54, 1.807) is 18.2 Å². The average Bonchev–Trinajstić information content (AvgIpc) is 3.36.